The van der Waals surface area contributed by atoms with Crippen LogP contribution < -0.4 is 0 Å². The second-order valence-electron chi connectivity index (χ2n) is 3.70. The lowest BCUT2D eigenvalue weighted by Gasteiger charge is -2.08. The van der Waals surface area contributed by atoms with E-state index in [0.717, 1.165) is 0 Å². The number of carbonyl (C=O) groups is 3. The third kappa shape index (κ3) is 7.43. The fourth-order valence-corrected chi connectivity index (χ4v) is 0.967. The van der Waals surface area contributed by atoms with Gasteiger partial charge < -0.3 is 14.2 Å². The van der Waals surface area contributed by atoms with Crippen molar-refractivity contribution in [2.24, 2.45) is 0 Å². The highest BCUT2D eigenvalue weighted by Gasteiger charge is 2.15. The third-order valence-corrected chi connectivity index (χ3v) is 1.64. The lowest BCUT2D eigenvalue weighted by Crippen LogP contribution is -2.20. The Kier molecular flexibility index (Phi) is 7.42. The molecule has 6 nitrogen and oxygen atoms in total. The highest BCUT2D eigenvalue weighted by molar-refractivity contribution is 5.93. The van der Waals surface area contributed by atoms with Gasteiger partial charge in [-0.05, 0) is 20.8 Å². The van der Waals surface area contributed by atoms with E-state index in [0.29, 0.717) is 0 Å². The van der Waals surface area contributed by atoms with Crippen molar-refractivity contribution in [2.75, 3.05) is 13.2 Å². The number of hydrogen-bond acceptors (Lipinski definition) is 6. The summed E-state index contributed by atoms with van der Waals surface area (Å²) in [7, 11) is 0. The van der Waals surface area contributed by atoms with Crippen molar-refractivity contribution in [3.63, 3.8) is 0 Å². The molecule has 18 heavy (non-hydrogen) atoms. The Balaban J connectivity index is 3.94. The molecule has 0 aromatic carbocycles. The van der Waals surface area contributed by atoms with Gasteiger partial charge in [-0.2, -0.15) is 0 Å². The summed E-state index contributed by atoms with van der Waals surface area (Å²) in [6.07, 6.45) is -0.584. The molecule has 0 aromatic rings. The van der Waals surface area contributed by atoms with Crippen LogP contribution >= 0.6 is 0 Å². The maximum Gasteiger partial charge on any atom is 0.344 e. The van der Waals surface area contributed by atoms with E-state index in [4.69, 9.17) is 4.74 Å². The van der Waals surface area contributed by atoms with Crippen LogP contribution in [-0.2, 0) is 28.6 Å². The number of carbonyl (C=O) groups excluding carboxylic acids is 3. The summed E-state index contributed by atoms with van der Waals surface area (Å²) in [5.74, 6) is -2.02. The number of hydrogen-bond donors (Lipinski definition) is 0. The van der Waals surface area contributed by atoms with Gasteiger partial charge in [0.1, 0.15) is 0 Å². The zero-order chi connectivity index (χ0) is 14.1. The molecule has 0 aliphatic carbocycles. The van der Waals surface area contributed by atoms with Gasteiger partial charge in [-0.3, -0.25) is 4.79 Å². The molecule has 0 atom stereocenters. The largest absolute Gasteiger partial charge is 0.463 e. The first-order valence-corrected chi connectivity index (χ1v) is 5.56. The maximum atomic E-state index is 11.3. The predicted molar refractivity (Wildman–Crippen MR) is 62.6 cm³/mol. The van der Waals surface area contributed by atoms with Crippen LogP contribution in [0.25, 0.3) is 0 Å². The van der Waals surface area contributed by atoms with E-state index in [1.54, 1.807) is 20.8 Å². The second-order valence-corrected chi connectivity index (χ2v) is 3.70. The van der Waals surface area contributed by atoms with Crippen LogP contribution in [0.15, 0.2) is 12.2 Å². The minimum atomic E-state index is -0.728. The number of rotatable bonds is 7. The van der Waals surface area contributed by atoms with Crippen LogP contribution in [-0.4, -0.2) is 37.2 Å². The fourth-order valence-electron chi connectivity index (χ4n) is 0.967. The van der Waals surface area contributed by atoms with Crippen molar-refractivity contribution in [3.05, 3.63) is 12.2 Å². The first-order chi connectivity index (χ1) is 8.36. The van der Waals surface area contributed by atoms with Gasteiger partial charge in [0.15, 0.2) is 6.61 Å². The van der Waals surface area contributed by atoms with Gasteiger partial charge in [0.2, 0.25) is 0 Å². The first-order valence-electron chi connectivity index (χ1n) is 5.56. The smallest absolute Gasteiger partial charge is 0.344 e. The molecule has 0 spiro atoms. The summed E-state index contributed by atoms with van der Waals surface area (Å²) >= 11 is 0. The Morgan fingerprint density at radius 1 is 1.11 bits per heavy atom. The van der Waals surface area contributed by atoms with E-state index in [-0.39, 0.29) is 24.7 Å². The van der Waals surface area contributed by atoms with Gasteiger partial charge >= 0.3 is 17.9 Å². The van der Waals surface area contributed by atoms with Crippen LogP contribution in [0.1, 0.15) is 27.2 Å². The van der Waals surface area contributed by atoms with Gasteiger partial charge in [0, 0.05) is 5.57 Å². The highest BCUT2D eigenvalue weighted by atomic mass is 16.6. The van der Waals surface area contributed by atoms with Crippen molar-refractivity contribution in [3.8, 4) is 0 Å². The van der Waals surface area contributed by atoms with Crippen molar-refractivity contribution in [1.82, 2.24) is 0 Å². The standard InChI is InChI=1S/C12H18O6/c1-5-16-12(15)9(4)6-10(13)17-7-11(14)18-8(2)3/h8H,4-7H2,1-3H3. The Hall–Kier alpha value is -1.85. The number of esters is 3. The molecule has 0 aliphatic rings. The summed E-state index contributed by atoms with van der Waals surface area (Å²) in [6.45, 7) is 8.13. The van der Waals surface area contributed by atoms with Gasteiger partial charge in [-0.15, -0.1) is 0 Å². The molecule has 0 unspecified atom stereocenters. The van der Waals surface area contributed by atoms with E-state index in [9.17, 15) is 14.4 Å². The summed E-state index contributed by atoms with van der Waals surface area (Å²) < 4.78 is 14.0. The molecule has 0 saturated heterocycles. The van der Waals surface area contributed by atoms with Gasteiger partial charge in [-0.25, -0.2) is 9.59 Å². The normalized spacial score (nSPS) is 9.78. The minimum absolute atomic E-state index is 0.0147. The molecule has 0 aliphatic heterocycles. The molecule has 0 N–H and O–H groups in total. The molecular formula is C12H18O6. The Bertz CT molecular complexity index is 331. The zero-order valence-electron chi connectivity index (χ0n) is 10.9. The molecule has 102 valence electrons. The molecule has 0 saturated carbocycles. The molecule has 0 bridgehead atoms. The van der Waals surface area contributed by atoms with Gasteiger partial charge in [0.25, 0.3) is 0 Å². The fraction of sp³-hybridized carbons (Fsp3) is 0.583. The third-order valence-electron chi connectivity index (χ3n) is 1.64. The first kappa shape index (κ1) is 16.1. The van der Waals surface area contributed by atoms with Crippen molar-refractivity contribution >= 4 is 17.9 Å². The Morgan fingerprint density at radius 2 is 1.72 bits per heavy atom. The van der Waals surface area contributed by atoms with Gasteiger partial charge in [-0.1, -0.05) is 6.58 Å². The summed E-state index contributed by atoms with van der Waals surface area (Å²) in [6, 6.07) is 0. The SMILES string of the molecule is C=C(CC(=O)OCC(=O)OC(C)C)C(=O)OCC. The quantitative estimate of drug-likeness (QED) is 0.385. The van der Waals surface area contributed by atoms with E-state index in [2.05, 4.69) is 16.1 Å². The second kappa shape index (κ2) is 8.27. The lowest BCUT2D eigenvalue weighted by atomic mass is 10.2. The average Bonchev–Trinajstić information content (AvgIpc) is 2.25. The topological polar surface area (TPSA) is 78.9 Å². The van der Waals surface area contributed by atoms with Crippen molar-refractivity contribution in [1.29, 1.82) is 0 Å². The van der Waals surface area contributed by atoms with Crippen LogP contribution in [0.5, 0.6) is 0 Å². The Labute approximate surface area is 106 Å². The van der Waals surface area contributed by atoms with Gasteiger partial charge in [0.05, 0.1) is 19.1 Å². The molecule has 0 heterocycles. The van der Waals surface area contributed by atoms with E-state index < -0.39 is 24.5 Å². The predicted octanol–water partition coefficient (Wildman–Crippen LogP) is 0.991. The van der Waals surface area contributed by atoms with Crippen LogP contribution in [0.3, 0.4) is 0 Å². The average molecular weight is 258 g/mol. The van der Waals surface area contributed by atoms with E-state index in [1.165, 1.54) is 0 Å². The molecule has 0 radical (unpaired) electrons. The monoisotopic (exact) mass is 258 g/mol. The summed E-state index contributed by atoms with van der Waals surface area (Å²) in [5.41, 5.74) is -0.0147. The Morgan fingerprint density at radius 3 is 2.22 bits per heavy atom. The summed E-state index contributed by atoms with van der Waals surface area (Å²) in [5, 5.41) is 0. The van der Waals surface area contributed by atoms with Crippen LogP contribution in [0.4, 0.5) is 0 Å². The number of ether oxygens (including phenoxy) is 3. The van der Waals surface area contributed by atoms with E-state index >= 15 is 0 Å². The van der Waals surface area contributed by atoms with Crippen molar-refractivity contribution in [2.45, 2.75) is 33.3 Å². The minimum Gasteiger partial charge on any atom is -0.463 e. The molecule has 6 heteroatoms. The van der Waals surface area contributed by atoms with E-state index in [1.807, 2.05) is 0 Å². The lowest BCUT2D eigenvalue weighted by molar-refractivity contribution is -0.161. The van der Waals surface area contributed by atoms with Crippen LogP contribution in [0.2, 0.25) is 0 Å². The van der Waals surface area contributed by atoms with Crippen LogP contribution in [0, 0.1) is 0 Å². The summed E-state index contributed by atoms with van der Waals surface area (Å²) in [4.78, 5) is 33.5. The molecular weight excluding hydrogens is 240 g/mol. The zero-order valence-corrected chi connectivity index (χ0v) is 10.9. The van der Waals surface area contributed by atoms with Crippen molar-refractivity contribution < 1.29 is 28.6 Å². The molecule has 0 fully saturated rings. The molecule has 0 rings (SSSR count). The molecule has 0 aromatic heterocycles. The molecule has 0 amide bonds. The highest BCUT2D eigenvalue weighted by Crippen LogP contribution is 2.03. The maximum absolute atomic E-state index is 11.3.